The van der Waals surface area contributed by atoms with E-state index in [0.717, 1.165) is 37.5 Å². The van der Waals surface area contributed by atoms with Gasteiger partial charge in [-0.25, -0.2) is 14.6 Å². The molecule has 1 fully saturated rings. The number of likely N-dealkylation sites (tertiary alicyclic amines) is 1. The molecule has 0 saturated carbocycles. The summed E-state index contributed by atoms with van der Waals surface area (Å²) in [6, 6.07) is 0.244. The Morgan fingerprint density at radius 3 is 3.05 bits per heavy atom. The first-order valence-electron chi connectivity index (χ1n) is 6.96. The minimum atomic E-state index is -0.582. The number of nitrogens with two attached hydrogens (primary N) is 1. The fourth-order valence-electron chi connectivity index (χ4n) is 2.65. The van der Waals surface area contributed by atoms with Crippen molar-refractivity contribution < 1.29 is 4.79 Å². The molecule has 1 aliphatic heterocycles. The molecule has 8 heteroatoms. The quantitative estimate of drug-likeness (QED) is 0.909. The van der Waals surface area contributed by atoms with Crippen LogP contribution in [0.4, 0.5) is 0 Å². The van der Waals surface area contributed by atoms with E-state index in [1.807, 2.05) is 13.1 Å². The van der Waals surface area contributed by atoms with E-state index in [-0.39, 0.29) is 11.9 Å². The van der Waals surface area contributed by atoms with Crippen LogP contribution in [0, 0.1) is 6.92 Å². The van der Waals surface area contributed by atoms with Gasteiger partial charge in [0.25, 0.3) is 5.91 Å². The Labute approximate surface area is 126 Å². The standard InChI is InChI=1S/C13H18N6OS/c1-9-15-5-11(21-9)7-18-4-2-3-10(6-18)19-8-16-13(17-19)12(14)20/h5,8,10H,2-4,6-7H2,1H3,(H2,14,20)/t10-/m0/s1. The number of piperidine rings is 1. The molecule has 0 aromatic carbocycles. The number of aromatic nitrogens is 4. The third-order valence-electron chi connectivity index (χ3n) is 3.63. The Morgan fingerprint density at radius 1 is 1.52 bits per heavy atom. The second-order valence-electron chi connectivity index (χ2n) is 5.29. The van der Waals surface area contributed by atoms with Crippen LogP contribution in [-0.2, 0) is 6.54 Å². The Bertz CT molecular complexity index is 636. The number of nitrogens with zero attached hydrogens (tertiary/aromatic N) is 5. The molecule has 112 valence electrons. The third-order valence-corrected chi connectivity index (χ3v) is 4.53. The monoisotopic (exact) mass is 306 g/mol. The summed E-state index contributed by atoms with van der Waals surface area (Å²) < 4.78 is 1.77. The number of rotatable bonds is 4. The van der Waals surface area contributed by atoms with Gasteiger partial charge in [-0.05, 0) is 26.3 Å². The Balaban J connectivity index is 1.66. The summed E-state index contributed by atoms with van der Waals surface area (Å²) in [5, 5.41) is 5.27. The largest absolute Gasteiger partial charge is 0.363 e. The second-order valence-corrected chi connectivity index (χ2v) is 6.61. The molecule has 0 bridgehead atoms. The molecule has 0 unspecified atom stereocenters. The van der Waals surface area contributed by atoms with Crippen molar-refractivity contribution in [3.05, 3.63) is 28.2 Å². The molecule has 3 heterocycles. The lowest BCUT2D eigenvalue weighted by Crippen LogP contribution is -2.36. The predicted molar refractivity (Wildman–Crippen MR) is 78.9 cm³/mol. The molecule has 0 spiro atoms. The van der Waals surface area contributed by atoms with Gasteiger partial charge >= 0.3 is 0 Å². The Hall–Kier alpha value is -1.80. The van der Waals surface area contributed by atoms with E-state index in [1.54, 1.807) is 22.3 Å². The van der Waals surface area contributed by atoms with Crippen molar-refractivity contribution in [3.63, 3.8) is 0 Å². The zero-order valence-electron chi connectivity index (χ0n) is 11.9. The van der Waals surface area contributed by atoms with E-state index in [2.05, 4.69) is 20.0 Å². The number of thiazole rings is 1. The molecule has 2 aromatic rings. The zero-order valence-corrected chi connectivity index (χ0v) is 12.7. The molecule has 2 aromatic heterocycles. The van der Waals surface area contributed by atoms with Crippen LogP contribution in [0.5, 0.6) is 0 Å². The number of hydrogen-bond acceptors (Lipinski definition) is 6. The predicted octanol–water partition coefficient (Wildman–Crippen LogP) is 0.979. The molecule has 7 nitrogen and oxygen atoms in total. The van der Waals surface area contributed by atoms with E-state index >= 15 is 0 Å². The van der Waals surface area contributed by atoms with E-state index in [0.29, 0.717) is 0 Å². The molecule has 0 radical (unpaired) electrons. The van der Waals surface area contributed by atoms with Crippen molar-refractivity contribution in [1.29, 1.82) is 0 Å². The van der Waals surface area contributed by atoms with E-state index < -0.39 is 5.91 Å². The van der Waals surface area contributed by atoms with Gasteiger partial charge in [0.1, 0.15) is 6.33 Å². The van der Waals surface area contributed by atoms with Gasteiger partial charge in [-0.2, -0.15) is 0 Å². The van der Waals surface area contributed by atoms with Crippen molar-refractivity contribution in [2.45, 2.75) is 32.4 Å². The average molecular weight is 306 g/mol. The van der Waals surface area contributed by atoms with Gasteiger partial charge in [-0.15, -0.1) is 16.4 Å². The summed E-state index contributed by atoms with van der Waals surface area (Å²) in [5.74, 6) is -0.494. The summed E-state index contributed by atoms with van der Waals surface area (Å²) >= 11 is 1.74. The molecule has 3 rings (SSSR count). The van der Waals surface area contributed by atoms with Gasteiger partial charge in [0.2, 0.25) is 5.82 Å². The normalized spacial score (nSPS) is 19.8. The van der Waals surface area contributed by atoms with Crippen LogP contribution >= 0.6 is 11.3 Å². The summed E-state index contributed by atoms with van der Waals surface area (Å²) in [4.78, 5) is 23.0. The van der Waals surface area contributed by atoms with Crippen molar-refractivity contribution in [3.8, 4) is 0 Å². The molecule has 0 aliphatic carbocycles. The van der Waals surface area contributed by atoms with Crippen LogP contribution in [0.1, 0.15) is 39.4 Å². The lowest BCUT2D eigenvalue weighted by Gasteiger charge is -2.32. The first-order chi connectivity index (χ1) is 10.1. The maximum Gasteiger partial charge on any atom is 0.288 e. The fraction of sp³-hybridized carbons (Fsp3) is 0.538. The maximum absolute atomic E-state index is 11.1. The van der Waals surface area contributed by atoms with Gasteiger partial charge in [0.15, 0.2) is 0 Å². The summed E-state index contributed by atoms with van der Waals surface area (Å²) in [6.07, 6.45) is 5.70. The van der Waals surface area contributed by atoms with E-state index in [1.165, 1.54) is 4.88 Å². The summed E-state index contributed by atoms with van der Waals surface area (Å²) in [6.45, 7) is 4.91. The topological polar surface area (TPSA) is 89.9 Å². The van der Waals surface area contributed by atoms with Gasteiger partial charge < -0.3 is 5.73 Å². The van der Waals surface area contributed by atoms with E-state index in [4.69, 9.17) is 5.73 Å². The van der Waals surface area contributed by atoms with Crippen LogP contribution in [0.25, 0.3) is 0 Å². The molecule has 1 atom stereocenters. The lowest BCUT2D eigenvalue weighted by atomic mass is 10.1. The fourth-order valence-corrected chi connectivity index (χ4v) is 3.49. The first-order valence-corrected chi connectivity index (χ1v) is 7.78. The molecule has 1 saturated heterocycles. The molecule has 1 amide bonds. The Morgan fingerprint density at radius 2 is 2.38 bits per heavy atom. The highest BCUT2D eigenvalue weighted by Crippen LogP contribution is 2.23. The average Bonchev–Trinajstić information content (AvgIpc) is 3.08. The number of amides is 1. The summed E-state index contributed by atoms with van der Waals surface area (Å²) in [5.41, 5.74) is 5.20. The minimum absolute atomic E-state index is 0.0882. The number of carbonyl (C=O) groups excluding carboxylic acids is 1. The van der Waals surface area contributed by atoms with Crippen molar-refractivity contribution in [2.75, 3.05) is 13.1 Å². The van der Waals surface area contributed by atoms with Crippen LogP contribution in [0.15, 0.2) is 12.5 Å². The van der Waals surface area contributed by atoms with Crippen molar-refractivity contribution in [2.24, 2.45) is 5.73 Å². The van der Waals surface area contributed by atoms with Gasteiger partial charge in [0.05, 0.1) is 11.0 Å². The number of aryl methyl sites for hydroxylation is 1. The third kappa shape index (κ3) is 3.27. The molecular formula is C13H18N6OS. The minimum Gasteiger partial charge on any atom is -0.363 e. The molecule has 2 N–H and O–H groups in total. The van der Waals surface area contributed by atoms with Crippen LogP contribution in [0.3, 0.4) is 0 Å². The molecule has 21 heavy (non-hydrogen) atoms. The second kappa shape index (κ2) is 5.90. The van der Waals surface area contributed by atoms with Crippen LogP contribution < -0.4 is 5.73 Å². The SMILES string of the molecule is Cc1ncc(CN2CCC[C@H](n3cnc(C(N)=O)n3)C2)s1. The number of carbonyl (C=O) groups is 1. The molecular weight excluding hydrogens is 288 g/mol. The van der Waals surface area contributed by atoms with Crippen molar-refractivity contribution in [1.82, 2.24) is 24.6 Å². The smallest absolute Gasteiger partial charge is 0.288 e. The lowest BCUT2D eigenvalue weighted by molar-refractivity contribution is 0.0989. The highest BCUT2D eigenvalue weighted by Gasteiger charge is 2.23. The highest BCUT2D eigenvalue weighted by atomic mass is 32.1. The maximum atomic E-state index is 11.1. The first kappa shape index (κ1) is 14.2. The van der Waals surface area contributed by atoms with Gasteiger partial charge in [-0.3, -0.25) is 9.69 Å². The molecule has 1 aliphatic rings. The summed E-state index contributed by atoms with van der Waals surface area (Å²) in [7, 11) is 0. The highest BCUT2D eigenvalue weighted by molar-refractivity contribution is 7.11. The van der Waals surface area contributed by atoms with Gasteiger partial charge in [0, 0.05) is 24.2 Å². The number of hydrogen-bond donors (Lipinski definition) is 1. The zero-order chi connectivity index (χ0) is 14.8. The number of primary amides is 1. The van der Waals surface area contributed by atoms with Crippen molar-refractivity contribution >= 4 is 17.2 Å². The van der Waals surface area contributed by atoms with Crippen LogP contribution in [0.2, 0.25) is 0 Å². The van der Waals surface area contributed by atoms with E-state index in [9.17, 15) is 4.79 Å². The Kier molecular flexibility index (Phi) is 3.98. The van der Waals surface area contributed by atoms with Crippen LogP contribution in [-0.4, -0.2) is 43.6 Å². The van der Waals surface area contributed by atoms with Gasteiger partial charge in [-0.1, -0.05) is 0 Å².